The van der Waals surface area contributed by atoms with Gasteiger partial charge in [0.25, 0.3) is 0 Å². The predicted octanol–water partition coefficient (Wildman–Crippen LogP) is 4.18. The summed E-state index contributed by atoms with van der Waals surface area (Å²) >= 11 is 9.54. The number of benzene rings is 1. The third kappa shape index (κ3) is 2.67. The zero-order valence-electron chi connectivity index (χ0n) is 10.5. The van der Waals surface area contributed by atoms with E-state index in [0.717, 1.165) is 41.1 Å². The van der Waals surface area contributed by atoms with Crippen LogP contribution >= 0.6 is 27.5 Å². The standard InChI is InChI=1S/C14H16BrClN2O/c15-12-5-10-7-18(17-14(10)6-13(12)16)11-3-1-9(8-19)2-4-11/h5-7,9,11,19H,1-4,8H2. The van der Waals surface area contributed by atoms with Gasteiger partial charge in [-0.05, 0) is 59.7 Å². The average Bonchev–Trinajstić information content (AvgIpc) is 2.82. The van der Waals surface area contributed by atoms with Gasteiger partial charge >= 0.3 is 0 Å². The molecule has 1 N–H and O–H groups in total. The van der Waals surface area contributed by atoms with Gasteiger partial charge in [0.2, 0.25) is 0 Å². The normalized spacial score (nSPS) is 23.9. The minimum absolute atomic E-state index is 0.316. The summed E-state index contributed by atoms with van der Waals surface area (Å²) in [4.78, 5) is 0. The highest BCUT2D eigenvalue weighted by molar-refractivity contribution is 9.10. The second-order valence-corrected chi connectivity index (χ2v) is 6.55. The van der Waals surface area contributed by atoms with Crippen LogP contribution < -0.4 is 0 Å². The Morgan fingerprint density at radius 1 is 1.32 bits per heavy atom. The monoisotopic (exact) mass is 342 g/mol. The van der Waals surface area contributed by atoms with Gasteiger partial charge in [-0.25, -0.2) is 0 Å². The van der Waals surface area contributed by atoms with Crippen LogP contribution in [0.1, 0.15) is 31.7 Å². The van der Waals surface area contributed by atoms with E-state index < -0.39 is 0 Å². The lowest BCUT2D eigenvalue weighted by atomic mass is 9.87. The molecular weight excluding hydrogens is 328 g/mol. The van der Waals surface area contributed by atoms with Gasteiger partial charge in [-0.3, -0.25) is 4.68 Å². The highest BCUT2D eigenvalue weighted by atomic mass is 79.9. The Hall–Kier alpha value is -0.580. The van der Waals surface area contributed by atoms with Crippen LogP contribution in [-0.4, -0.2) is 21.5 Å². The number of aliphatic hydroxyl groups is 1. The minimum Gasteiger partial charge on any atom is -0.396 e. The predicted molar refractivity (Wildman–Crippen MR) is 80.5 cm³/mol. The van der Waals surface area contributed by atoms with E-state index in [1.165, 1.54) is 0 Å². The van der Waals surface area contributed by atoms with Crippen LogP contribution in [0.5, 0.6) is 0 Å². The third-order valence-electron chi connectivity index (χ3n) is 4.01. The van der Waals surface area contributed by atoms with Gasteiger partial charge in [-0.15, -0.1) is 0 Å². The maximum Gasteiger partial charge on any atom is 0.0939 e. The van der Waals surface area contributed by atoms with Crippen LogP contribution in [0.15, 0.2) is 22.8 Å². The van der Waals surface area contributed by atoms with Crippen molar-refractivity contribution in [1.82, 2.24) is 9.78 Å². The number of rotatable bonds is 2. The van der Waals surface area contributed by atoms with E-state index in [1.807, 2.05) is 12.1 Å². The van der Waals surface area contributed by atoms with Crippen molar-refractivity contribution in [3.63, 3.8) is 0 Å². The Bertz CT molecular complexity index is 551. The Morgan fingerprint density at radius 2 is 2.05 bits per heavy atom. The molecular formula is C14H16BrClN2O. The molecule has 3 rings (SSSR count). The van der Waals surface area contributed by atoms with Crippen molar-refractivity contribution in [1.29, 1.82) is 0 Å². The molecule has 1 saturated carbocycles. The topological polar surface area (TPSA) is 38.0 Å². The SMILES string of the molecule is OCC1CCC(n2cc3cc(Br)c(Cl)cc3n2)CC1. The van der Waals surface area contributed by atoms with E-state index in [1.54, 1.807) is 0 Å². The zero-order valence-corrected chi connectivity index (χ0v) is 12.9. The van der Waals surface area contributed by atoms with E-state index >= 15 is 0 Å². The fraction of sp³-hybridized carbons (Fsp3) is 0.500. The molecule has 3 nitrogen and oxygen atoms in total. The van der Waals surface area contributed by atoms with E-state index in [4.69, 9.17) is 11.6 Å². The van der Waals surface area contributed by atoms with Gasteiger partial charge < -0.3 is 5.11 Å². The maximum absolute atomic E-state index is 9.18. The number of nitrogens with zero attached hydrogens (tertiary/aromatic N) is 2. The number of aromatic nitrogens is 2. The number of aliphatic hydroxyl groups excluding tert-OH is 1. The van der Waals surface area contributed by atoms with E-state index in [0.29, 0.717) is 23.6 Å². The van der Waals surface area contributed by atoms with Gasteiger partial charge in [-0.2, -0.15) is 5.10 Å². The quantitative estimate of drug-likeness (QED) is 0.888. The second-order valence-electron chi connectivity index (χ2n) is 5.29. The second kappa shape index (κ2) is 5.43. The summed E-state index contributed by atoms with van der Waals surface area (Å²) in [5, 5.41) is 15.6. The Kier molecular flexibility index (Phi) is 3.83. The van der Waals surface area contributed by atoms with Crippen molar-refractivity contribution in [2.45, 2.75) is 31.7 Å². The molecule has 19 heavy (non-hydrogen) atoms. The average molecular weight is 344 g/mol. The summed E-state index contributed by atoms with van der Waals surface area (Å²) in [7, 11) is 0. The van der Waals surface area contributed by atoms with Crippen LogP contribution in [-0.2, 0) is 0 Å². The van der Waals surface area contributed by atoms with Gasteiger partial charge in [0.1, 0.15) is 0 Å². The lowest BCUT2D eigenvalue weighted by Gasteiger charge is -2.27. The van der Waals surface area contributed by atoms with Crippen LogP contribution in [0.2, 0.25) is 5.02 Å². The first-order chi connectivity index (χ1) is 9.17. The van der Waals surface area contributed by atoms with Crippen molar-refractivity contribution >= 4 is 38.4 Å². The molecule has 0 spiro atoms. The number of halogens is 2. The van der Waals surface area contributed by atoms with E-state index in [-0.39, 0.29) is 0 Å². The van der Waals surface area contributed by atoms with Crippen LogP contribution in [0.3, 0.4) is 0 Å². The fourth-order valence-corrected chi connectivity index (χ4v) is 3.34. The molecule has 102 valence electrons. The molecule has 0 aliphatic heterocycles. The van der Waals surface area contributed by atoms with E-state index in [9.17, 15) is 5.11 Å². The molecule has 0 radical (unpaired) electrons. The summed E-state index contributed by atoms with van der Waals surface area (Å²) in [6.07, 6.45) is 6.45. The Morgan fingerprint density at radius 3 is 2.74 bits per heavy atom. The molecule has 1 aliphatic rings. The number of hydrogen-bond acceptors (Lipinski definition) is 2. The van der Waals surface area contributed by atoms with Crippen LogP contribution in [0, 0.1) is 5.92 Å². The molecule has 0 unspecified atom stereocenters. The molecule has 2 aromatic rings. The highest BCUT2D eigenvalue weighted by Gasteiger charge is 2.22. The molecule has 1 aliphatic carbocycles. The fourth-order valence-electron chi connectivity index (χ4n) is 2.82. The highest BCUT2D eigenvalue weighted by Crippen LogP contribution is 2.33. The number of fused-ring (bicyclic) bond motifs is 1. The summed E-state index contributed by atoms with van der Waals surface area (Å²) in [6.45, 7) is 0.316. The summed E-state index contributed by atoms with van der Waals surface area (Å²) < 4.78 is 2.98. The maximum atomic E-state index is 9.18. The first-order valence-corrected chi connectivity index (χ1v) is 7.79. The van der Waals surface area contributed by atoms with Crippen molar-refractivity contribution in [3.05, 3.63) is 27.8 Å². The lowest BCUT2D eigenvalue weighted by Crippen LogP contribution is -2.20. The molecule has 0 saturated heterocycles. The molecule has 1 aromatic carbocycles. The number of hydrogen-bond donors (Lipinski definition) is 1. The van der Waals surface area contributed by atoms with Crippen LogP contribution in [0.4, 0.5) is 0 Å². The van der Waals surface area contributed by atoms with Crippen molar-refractivity contribution in [2.75, 3.05) is 6.61 Å². The lowest BCUT2D eigenvalue weighted by molar-refractivity contribution is 0.165. The first-order valence-electron chi connectivity index (χ1n) is 6.62. The molecule has 1 fully saturated rings. The van der Waals surface area contributed by atoms with Gasteiger partial charge in [0.05, 0.1) is 16.6 Å². The van der Waals surface area contributed by atoms with Crippen LogP contribution in [0.25, 0.3) is 10.9 Å². The molecule has 0 amide bonds. The smallest absolute Gasteiger partial charge is 0.0939 e. The van der Waals surface area contributed by atoms with Gasteiger partial charge in [0, 0.05) is 22.7 Å². The molecule has 1 heterocycles. The minimum atomic E-state index is 0.316. The van der Waals surface area contributed by atoms with Crippen molar-refractivity contribution < 1.29 is 5.11 Å². The van der Waals surface area contributed by atoms with Gasteiger partial charge in [-0.1, -0.05) is 11.6 Å². The summed E-state index contributed by atoms with van der Waals surface area (Å²) in [5.41, 5.74) is 0.942. The first kappa shape index (κ1) is 13.4. The molecule has 1 aromatic heterocycles. The molecule has 0 bridgehead atoms. The Labute approximate surface area is 125 Å². The molecule has 5 heteroatoms. The van der Waals surface area contributed by atoms with Crippen molar-refractivity contribution in [2.24, 2.45) is 5.92 Å². The summed E-state index contributed by atoms with van der Waals surface area (Å²) in [6, 6.07) is 4.37. The zero-order chi connectivity index (χ0) is 13.4. The van der Waals surface area contributed by atoms with E-state index in [2.05, 4.69) is 31.9 Å². The Balaban J connectivity index is 1.86. The van der Waals surface area contributed by atoms with Gasteiger partial charge in [0.15, 0.2) is 0 Å². The third-order valence-corrected chi connectivity index (χ3v) is 5.21. The van der Waals surface area contributed by atoms with Crippen molar-refractivity contribution in [3.8, 4) is 0 Å². The molecule has 0 atom stereocenters. The largest absolute Gasteiger partial charge is 0.396 e. The summed E-state index contributed by atoms with van der Waals surface area (Å²) in [5.74, 6) is 0.477.